The minimum Gasteiger partial charge on any atom is -0.493 e. The number of methoxy groups -OCH3 is 1. The van der Waals surface area contributed by atoms with Gasteiger partial charge >= 0.3 is 0 Å². The molecule has 0 aromatic heterocycles. The fraction of sp³-hybridized carbons (Fsp3) is 0.794. The molecule has 1 aromatic rings. The molecular formula is C34H61NO3. The van der Waals surface area contributed by atoms with E-state index in [2.05, 4.69) is 19.2 Å². The summed E-state index contributed by atoms with van der Waals surface area (Å²) in [6, 6.07) is 5.90. The quantitative estimate of drug-likeness (QED) is 0.115. The van der Waals surface area contributed by atoms with Crippen LogP contribution in [-0.4, -0.2) is 19.6 Å². The van der Waals surface area contributed by atoms with E-state index in [0.717, 1.165) is 42.7 Å². The molecule has 0 spiro atoms. The van der Waals surface area contributed by atoms with Gasteiger partial charge in [-0.15, -0.1) is 0 Å². The second-order valence-corrected chi connectivity index (χ2v) is 11.1. The Balaban J connectivity index is 1.90. The Morgan fingerprint density at radius 3 is 1.58 bits per heavy atom. The molecule has 38 heavy (non-hydrogen) atoms. The summed E-state index contributed by atoms with van der Waals surface area (Å²) < 4.78 is 11.2. The molecule has 1 amide bonds. The number of benzene rings is 1. The fourth-order valence-electron chi connectivity index (χ4n) is 4.92. The minimum absolute atomic E-state index is 0.138. The maximum Gasteiger partial charge on any atom is 0.220 e. The molecule has 0 fully saturated rings. The number of nitrogens with one attached hydrogen (secondary N) is 1. The molecule has 0 radical (unpaired) electrons. The zero-order valence-electron chi connectivity index (χ0n) is 25.4. The normalized spacial score (nSPS) is 11.0. The number of ether oxygens (including phenoxy) is 2. The van der Waals surface area contributed by atoms with Crippen molar-refractivity contribution in [3.05, 3.63) is 23.8 Å². The lowest BCUT2D eigenvalue weighted by Gasteiger charge is -2.12. The third-order valence-corrected chi connectivity index (χ3v) is 7.48. The average Bonchev–Trinajstić information content (AvgIpc) is 2.93. The van der Waals surface area contributed by atoms with Gasteiger partial charge in [0, 0.05) is 13.0 Å². The number of amides is 1. The van der Waals surface area contributed by atoms with Crippen LogP contribution in [0.25, 0.3) is 0 Å². The van der Waals surface area contributed by atoms with Gasteiger partial charge in [-0.3, -0.25) is 4.79 Å². The molecule has 1 aromatic carbocycles. The van der Waals surface area contributed by atoms with Gasteiger partial charge in [0.2, 0.25) is 5.91 Å². The van der Waals surface area contributed by atoms with Crippen LogP contribution < -0.4 is 14.8 Å². The van der Waals surface area contributed by atoms with Crippen molar-refractivity contribution in [2.75, 3.05) is 13.7 Å². The molecule has 0 aliphatic rings. The molecule has 0 heterocycles. The van der Waals surface area contributed by atoms with Gasteiger partial charge in [0.25, 0.3) is 0 Å². The zero-order chi connectivity index (χ0) is 27.5. The van der Waals surface area contributed by atoms with Crippen molar-refractivity contribution in [3.63, 3.8) is 0 Å². The summed E-state index contributed by atoms with van der Waals surface area (Å²) >= 11 is 0. The van der Waals surface area contributed by atoms with Crippen LogP contribution in [0, 0.1) is 0 Å². The summed E-state index contributed by atoms with van der Waals surface area (Å²) in [6.07, 6.45) is 28.8. The highest BCUT2D eigenvalue weighted by molar-refractivity contribution is 5.75. The predicted molar refractivity (Wildman–Crippen MR) is 163 cm³/mol. The lowest BCUT2D eigenvalue weighted by Crippen LogP contribution is -2.22. The highest BCUT2D eigenvalue weighted by atomic mass is 16.5. The molecule has 0 aliphatic carbocycles. The van der Waals surface area contributed by atoms with Crippen LogP contribution in [0.1, 0.15) is 161 Å². The van der Waals surface area contributed by atoms with Crippen LogP contribution in [-0.2, 0) is 11.3 Å². The van der Waals surface area contributed by atoms with Crippen LogP contribution >= 0.6 is 0 Å². The SMILES string of the molecule is CCCCCCCCCCCCCCCCCCCCCC(=O)NCc1ccc(OCCCC)c(OC)c1. The number of carbonyl (C=O) groups excluding carboxylic acids is 1. The highest BCUT2D eigenvalue weighted by Gasteiger charge is 2.07. The first-order chi connectivity index (χ1) is 18.7. The van der Waals surface area contributed by atoms with E-state index in [1.165, 1.54) is 109 Å². The molecule has 0 unspecified atom stereocenters. The number of hydrogen-bond acceptors (Lipinski definition) is 3. The van der Waals surface area contributed by atoms with Crippen molar-refractivity contribution < 1.29 is 14.3 Å². The molecule has 0 aliphatic heterocycles. The lowest BCUT2D eigenvalue weighted by molar-refractivity contribution is -0.121. The van der Waals surface area contributed by atoms with Gasteiger partial charge in [-0.25, -0.2) is 0 Å². The number of rotatable bonds is 27. The smallest absolute Gasteiger partial charge is 0.220 e. The highest BCUT2D eigenvalue weighted by Crippen LogP contribution is 2.28. The van der Waals surface area contributed by atoms with E-state index in [0.29, 0.717) is 19.6 Å². The third kappa shape index (κ3) is 19.4. The Morgan fingerprint density at radius 2 is 1.11 bits per heavy atom. The van der Waals surface area contributed by atoms with E-state index < -0.39 is 0 Å². The van der Waals surface area contributed by atoms with Gasteiger partial charge in [0.05, 0.1) is 13.7 Å². The first-order valence-electron chi connectivity index (χ1n) is 16.3. The minimum atomic E-state index is 0.138. The molecule has 0 saturated carbocycles. The largest absolute Gasteiger partial charge is 0.493 e. The maximum absolute atomic E-state index is 12.2. The van der Waals surface area contributed by atoms with Crippen molar-refractivity contribution >= 4 is 5.91 Å². The topological polar surface area (TPSA) is 47.6 Å². The van der Waals surface area contributed by atoms with E-state index >= 15 is 0 Å². The summed E-state index contributed by atoms with van der Waals surface area (Å²) in [6.45, 7) is 5.66. The second kappa shape index (κ2) is 25.6. The molecule has 1 rings (SSSR count). The van der Waals surface area contributed by atoms with Crippen molar-refractivity contribution in [2.24, 2.45) is 0 Å². The molecule has 0 atom stereocenters. The number of hydrogen-bond donors (Lipinski definition) is 1. The van der Waals surface area contributed by atoms with Gasteiger partial charge in [-0.2, -0.15) is 0 Å². The Kier molecular flexibility index (Phi) is 23.1. The molecule has 4 heteroatoms. The first-order valence-corrected chi connectivity index (χ1v) is 16.3. The molecule has 4 nitrogen and oxygen atoms in total. The van der Waals surface area contributed by atoms with E-state index in [-0.39, 0.29) is 5.91 Å². The molecule has 1 N–H and O–H groups in total. The Labute approximate surface area is 236 Å². The summed E-state index contributed by atoms with van der Waals surface area (Å²) in [5.41, 5.74) is 1.03. The Hall–Kier alpha value is -1.71. The van der Waals surface area contributed by atoms with E-state index in [1.807, 2.05) is 18.2 Å². The molecule has 0 saturated heterocycles. The van der Waals surface area contributed by atoms with Crippen LogP contribution in [0.3, 0.4) is 0 Å². The van der Waals surface area contributed by atoms with Crippen molar-refractivity contribution in [3.8, 4) is 11.5 Å². The van der Waals surface area contributed by atoms with Crippen LogP contribution in [0.4, 0.5) is 0 Å². The van der Waals surface area contributed by atoms with Crippen LogP contribution in [0.2, 0.25) is 0 Å². The molecule has 220 valence electrons. The average molecular weight is 532 g/mol. The van der Waals surface area contributed by atoms with Crippen molar-refractivity contribution in [2.45, 2.75) is 162 Å². The second-order valence-electron chi connectivity index (χ2n) is 11.1. The standard InChI is InChI=1S/C34H61NO3/c1-4-6-8-9-10-11-12-13-14-15-16-17-18-19-20-21-22-23-24-25-34(36)35-30-31-26-27-32(33(29-31)37-3)38-28-7-5-2/h26-27,29H,4-25,28,30H2,1-3H3,(H,35,36). The van der Waals surface area contributed by atoms with Gasteiger partial charge in [-0.1, -0.05) is 142 Å². The van der Waals surface area contributed by atoms with Crippen molar-refractivity contribution in [1.29, 1.82) is 0 Å². The lowest BCUT2D eigenvalue weighted by atomic mass is 10.0. The summed E-state index contributed by atoms with van der Waals surface area (Å²) in [7, 11) is 1.66. The van der Waals surface area contributed by atoms with Crippen LogP contribution in [0.5, 0.6) is 11.5 Å². The van der Waals surface area contributed by atoms with E-state index in [1.54, 1.807) is 7.11 Å². The Morgan fingerprint density at radius 1 is 0.632 bits per heavy atom. The van der Waals surface area contributed by atoms with Gasteiger partial charge < -0.3 is 14.8 Å². The zero-order valence-corrected chi connectivity index (χ0v) is 25.4. The van der Waals surface area contributed by atoms with Gasteiger partial charge in [0.15, 0.2) is 11.5 Å². The van der Waals surface area contributed by atoms with E-state index in [9.17, 15) is 4.79 Å². The third-order valence-electron chi connectivity index (χ3n) is 7.48. The Bertz CT molecular complexity index is 676. The number of carbonyl (C=O) groups is 1. The summed E-state index contributed by atoms with van der Waals surface area (Å²) in [5.74, 6) is 1.64. The summed E-state index contributed by atoms with van der Waals surface area (Å²) in [4.78, 5) is 12.2. The van der Waals surface area contributed by atoms with Crippen molar-refractivity contribution in [1.82, 2.24) is 5.32 Å². The van der Waals surface area contributed by atoms with E-state index in [4.69, 9.17) is 9.47 Å². The van der Waals surface area contributed by atoms with Gasteiger partial charge in [-0.05, 0) is 30.5 Å². The summed E-state index contributed by atoms with van der Waals surface area (Å²) in [5, 5.41) is 3.05. The van der Waals surface area contributed by atoms with Crippen LogP contribution in [0.15, 0.2) is 18.2 Å². The predicted octanol–water partition coefficient (Wildman–Crippen LogP) is 10.3. The monoisotopic (exact) mass is 531 g/mol. The first kappa shape index (κ1) is 34.3. The number of unbranched alkanes of at least 4 members (excludes halogenated alkanes) is 19. The molecular weight excluding hydrogens is 470 g/mol. The fourth-order valence-corrected chi connectivity index (χ4v) is 4.92. The maximum atomic E-state index is 12.2. The molecule has 0 bridgehead atoms. The van der Waals surface area contributed by atoms with Gasteiger partial charge in [0.1, 0.15) is 0 Å².